The van der Waals surface area contributed by atoms with E-state index in [4.69, 9.17) is 0 Å². The van der Waals surface area contributed by atoms with Gasteiger partial charge in [0, 0.05) is 19.6 Å². The smallest absolute Gasteiger partial charge is 0.244 e. The van der Waals surface area contributed by atoms with Crippen molar-refractivity contribution < 1.29 is 9.59 Å². The van der Waals surface area contributed by atoms with Crippen LogP contribution in [0.25, 0.3) is 0 Å². The molecule has 0 spiro atoms. The minimum absolute atomic E-state index is 0.000586. The third-order valence-electron chi connectivity index (χ3n) is 3.06. The fourth-order valence-electron chi connectivity index (χ4n) is 2.06. The van der Waals surface area contributed by atoms with Gasteiger partial charge >= 0.3 is 0 Å². The zero-order chi connectivity index (χ0) is 12.3. The first-order valence-corrected chi connectivity index (χ1v) is 5.91. The highest BCUT2D eigenvalue weighted by atomic mass is 16.2. The molecule has 3 N–H and O–H groups in total. The molecule has 2 aliphatic rings. The number of hydrogen-bond donors (Lipinski definition) is 3. The lowest BCUT2D eigenvalue weighted by molar-refractivity contribution is -0.132. The Morgan fingerprint density at radius 2 is 2.12 bits per heavy atom. The van der Waals surface area contributed by atoms with Gasteiger partial charge in [-0.15, -0.1) is 0 Å². The highest BCUT2D eigenvalue weighted by Gasteiger charge is 2.25. The maximum absolute atomic E-state index is 11.7. The van der Waals surface area contributed by atoms with Crippen LogP contribution in [0.5, 0.6) is 0 Å². The van der Waals surface area contributed by atoms with Crippen LogP contribution in [0.2, 0.25) is 0 Å². The number of nitrogens with zero attached hydrogens (tertiary/aromatic N) is 1. The summed E-state index contributed by atoms with van der Waals surface area (Å²) in [5, 5.41) is 8.48. The predicted octanol–water partition coefficient (Wildman–Crippen LogP) is -1.24. The normalized spacial score (nSPS) is 23.2. The maximum Gasteiger partial charge on any atom is 0.244 e. The van der Waals surface area contributed by atoms with Crippen LogP contribution in [-0.4, -0.2) is 48.9 Å². The zero-order valence-electron chi connectivity index (χ0n) is 9.79. The first-order valence-electron chi connectivity index (χ1n) is 5.91. The molecule has 0 aliphatic carbocycles. The van der Waals surface area contributed by atoms with Crippen molar-refractivity contribution in [1.29, 1.82) is 0 Å². The topological polar surface area (TPSA) is 73.5 Å². The van der Waals surface area contributed by atoms with Crippen molar-refractivity contribution in [2.75, 3.05) is 26.2 Å². The third-order valence-corrected chi connectivity index (χ3v) is 3.06. The number of carbonyl (C=O) groups is 2. The lowest BCUT2D eigenvalue weighted by atomic mass is 10.3. The molecule has 0 radical (unpaired) electrons. The molecule has 0 aromatic carbocycles. The Kier molecular flexibility index (Phi) is 3.51. The van der Waals surface area contributed by atoms with Crippen LogP contribution in [0.4, 0.5) is 0 Å². The van der Waals surface area contributed by atoms with E-state index in [-0.39, 0.29) is 24.4 Å². The van der Waals surface area contributed by atoms with E-state index in [1.807, 2.05) is 0 Å². The van der Waals surface area contributed by atoms with Crippen molar-refractivity contribution in [1.82, 2.24) is 20.9 Å². The van der Waals surface area contributed by atoms with E-state index in [0.29, 0.717) is 12.4 Å². The summed E-state index contributed by atoms with van der Waals surface area (Å²) in [5.74, 6) is 0.486. The summed E-state index contributed by atoms with van der Waals surface area (Å²) < 4.78 is 0. The van der Waals surface area contributed by atoms with Crippen LogP contribution in [0, 0.1) is 0 Å². The summed E-state index contributed by atoms with van der Waals surface area (Å²) in [6.45, 7) is 5.90. The fourth-order valence-corrected chi connectivity index (χ4v) is 2.06. The molecular formula is C11H18N4O2. The Labute approximate surface area is 100 Å². The van der Waals surface area contributed by atoms with Gasteiger partial charge in [-0.1, -0.05) is 6.58 Å². The van der Waals surface area contributed by atoms with Gasteiger partial charge < -0.3 is 20.9 Å². The van der Waals surface area contributed by atoms with Gasteiger partial charge in [-0.3, -0.25) is 9.59 Å². The van der Waals surface area contributed by atoms with Crippen LogP contribution < -0.4 is 16.0 Å². The molecule has 2 amide bonds. The summed E-state index contributed by atoms with van der Waals surface area (Å²) in [6.07, 6.45) is 2.13. The van der Waals surface area contributed by atoms with E-state index in [2.05, 4.69) is 22.5 Å². The molecule has 2 saturated heterocycles. The number of carbonyl (C=O) groups excluding carboxylic acids is 2. The zero-order valence-corrected chi connectivity index (χ0v) is 9.79. The molecule has 2 heterocycles. The Balaban J connectivity index is 1.72. The van der Waals surface area contributed by atoms with E-state index in [9.17, 15) is 9.59 Å². The second kappa shape index (κ2) is 5.07. The number of likely N-dealkylation sites (tertiary alicyclic amines) is 1. The van der Waals surface area contributed by atoms with Crippen molar-refractivity contribution >= 4 is 11.8 Å². The molecule has 0 aromatic heterocycles. The van der Waals surface area contributed by atoms with Crippen molar-refractivity contribution in [3.8, 4) is 0 Å². The van der Waals surface area contributed by atoms with Crippen LogP contribution in [0.15, 0.2) is 12.4 Å². The number of rotatable bonds is 3. The summed E-state index contributed by atoms with van der Waals surface area (Å²) in [5.41, 5.74) is 0. The van der Waals surface area contributed by atoms with Gasteiger partial charge in [0.25, 0.3) is 0 Å². The highest BCUT2D eigenvalue weighted by molar-refractivity contribution is 5.88. The Hall–Kier alpha value is -1.72. The molecule has 1 unspecified atom stereocenters. The SMILES string of the molecule is C=C1NCC(C(=O)NCC(=O)N2CCCC2)N1. The van der Waals surface area contributed by atoms with Crippen LogP contribution in [0.3, 0.4) is 0 Å². The van der Waals surface area contributed by atoms with E-state index >= 15 is 0 Å². The molecule has 0 aromatic rings. The highest BCUT2D eigenvalue weighted by Crippen LogP contribution is 2.06. The molecule has 17 heavy (non-hydrogen) atoms. The van der Waals surface area contributed by atoms with Gasteiger partial charge in [-0.25, -0.2) is 0 Å². The molecule has 2 rings (SSSR count). The summed E-state index contributed by atoms with van der Waals surface area (Å²) in [6, 6.07) is -0.325. The van der Waals surface area contributed by atoms with Crippen molar-refractivity contribution in [2.45, 2.75) is 18.9 Å². The fraction of sp³-hybridized carbons (Fsp3) is 0.636. The van der Waals surface area contributed by atoms with Crippen molar-refractivity contribution in [2.24, 2.45) is 0 Å². The van der Waals surface area contributed by atoms with E-state index < -0.39 is 0 Å². The Morgan fingerprint density at radius 1 is 1.41 bits per heavy atom. The molecule has 0 bridgehead atoms. The lowest BCUT2D eigenvalue weighted by Crippen LogP contribution is -2.46. The molecule has 1 atom stereocenters. The molecule has 2 fully saturated rings. The third kappa shape index (κ3) is 2.89. The predicted molar refractivity (Wildman–Crippen MR) is 62.9 cm³/mol. The van der Waals surface area contributed by atoms with E-state index in [1.165, 1.54) is 0 Å². The minimum atomic E-state index is -0.325. The van der Waals surface area contributed by atoms with E-state index in [1.54, 1.807) is 4.90 Å². The molecule has 94 valence electrons. The minimum Gasteiger partial charge on any atom is -0.370 e. The number of nitrogens with one attached hydrogen (secondary N) is 3. The largest absolute Gasteiger partial charge is 0.370 e. The molecule has 6 heteroatoms. The van der Waals surface area contributed by atoms with Gasteiger partial charge in [0.1, 0.15) is 6.04 Å². The van der Waals surface area contributed by atoms with Gasteiger partial charge in [0.05, 0.1) is 12.4 Å². The van der Waals surface area contributed by atoms with E-state index in [0.717, 1.165) is 25.9 Å². The molecular weight excluding hydrogens is 220 g/mol. The average Bonchev–Trinajstić information content (AvgIpc) is 2.95. The average molecular weight is 238 g/mol. The van der Waals surface area contributed by atoms with Crippen molar-refractivity contribution in [3.63, 3.8) is 0 Å². The summed E-state index contributed by atoms with van der Waals surface area (Å²) in [7, 11) is 0. The maximum atomic E-state index is 11.7. The number of amides is 2. The quantitative estimate of drug-likeness (QED) is 0.575. The second-order valence-corrected chi connectivity index (χ2v) is 4.36. The van der Waals surface area contributed by atoms with Gasteiger partial charge in [-0.05, 0) is 12.8 Å². The second-order valence-electron chi connectivity index (χ2n) is 4.36. The lowest BCUT2D eigenvalue weighted by Gasteiger charge is -2.16. The summed E-state index contributed by atoms with van der Waals surface area (Å²) in [4.78, 5) is 25.2. The van der Waals surface area contributed by atoms with Crippen molar-refractivity contribution in [3.05, 3.63) is 12.4 Å². The van der Waals surface area contributed by atoms with Gasteiger partial charge in [-0.2, -0.15) is 0 Å². The molecule has 2 aliphatic heterocycles. The standard InChI is InChI=1S/C11H18N4O2/c1-8-12-6-9(14-8)11(17)13-7-10(16)15-4-2-3-5-15/h9,12,14H,1-7H2,(H,13,17). The van der Waals surface area contributed by atoms with Crippen LogP contribution in [0.1, 0.15) is 12.8 Å². The first kappa shape index (κ1) is 11.8. The number of hydrogen-bond acceptors (Lipinski definition) is 4. The summed E-state index contributed by atoms with van der Waals surface area (Å²) >= 11 is 0. The Morgan fingerprint density at radius 3 is 2.71 bits per heavy atom. The first-order chi connectivity index (χ1) is 8.16. The van der Waals surface area contributed by atoms with Crippen LogP contribution in [-0.2, 0) is 9.59 Å². The molecule has 6 nitrogen and oxygen atoms in total. The van der Waals surface area contributed by atoms with Gasteiger partial charge in [0.15, 0.2) is 0 Å². The van der Waals surface area contributed by atoms with Gasteiger partial charge in [0.2, 0.25) is 11.8 Å². The van der Waals surface area contributed by atoms with Crippen LogP contribution >= 0.6 is 0 Å². The molecule has 0 saturated carbocycles. The monoisotopic (exact) mass is 238 g/mol. The Bertz CT molecular complexity index is 336.